The Balaban J connectivity index is 3.31. The molecule has 2 unspecified atom stereocenters. The van der Waals surface area contributed by atoms with Crippen molar-refractivity contribution in [3.05, 3.63) is 36.5 Å². The number of nitrogens with one attached hydrogen (secondary N) is 1. The zero-order valence-electron chi connectivity index (χ0n) is 62.6. The van der Waals surface area contributed by atoms with Crippen molar-refractivity contribution < 1.29 is 24.5 Å². The van der Waals surface area contributed by atoms with E-state index >= 15 is 0 Å². The van der Waals surface area contributed by atoms with Crippen LogP contribution in [0.25, 0.3) is 0 Å². The summed E-state index contributed by atoms with van der Waals surface area (Å²) in [6, 6.07) is -0.624. The van der Waals surface area contributed by atoms with Gasteiger partial charge < -0.3 is 20.3 Å². The summed E-state index contributed by atoms with van der Waals surface area (Å²) in [5.74, 6) is -0.0461. The largest absolute Gasteiger partial charge is 0.466 e. The fourth-order valence-corrected chi connectivity index (χ4v) is 13.5. The van der Waals surface area contributed by atoms with E-state index in [1.165, 1.54) is 398 Å². The lowest BCUT2D eigenvalue weighted by atomic mass is 10.0. The van der Waals surface area contributed by atoms with Gasteiger partial charge in [0.05, 0.1) is 25.4 Å². The van der Waals surface area contributed by atoms with Gasteiger partial charge in [-0.1, -0.05) is 436 Å². The van der Waals surface area contributed by atoms with E-state index in [9.17, 15) is 19.8 Å². The first-order valence-corrected chi connectivity index (χ1v) is 42.3. The molecule has 0 saturated heterocycles. The highest BCUT2D eigenvalue weighted by Crippen LogP contribution is 2.20. The molecule has 2 atom stereocenters. The van der Waals surface area contributed by atoms with Crippen LogP contribution < -0.4 is 5.32 Å². The summed E-state index contributed by atoms with van der Waals surface area (Å²) in [5, 5.41) is 23.3. The van der Waals surface area contributed by atoms with E-state index in [1.807, 2.05) is 6.08 Å². The van der Waals surface area contributed by atoms with Gasteiger partial charge in [-0.2, -0.15) is 0 Å². The molecule has 0 rings (SSSR count). The number of ether oxygens (including phenoxy) is 1. The van der Waals surface area contributed by atoms with Crippen LogP contribution in [-0.4, -0.2) is 47.4 Å². The molecule has 0 aromatic heterocycles. The number of unbranched alkanes of at least 4 members (excludes halogenated alkanes) is 65. The Bertz CT molecular complexity index is 1490. The lowest BCUT2D eigenvalue weighted by Gasteiger charge is -2.20. The zero-order chi connectivity index (χ0) is 66.3. The molecule has 0 aliphatic rings. The average molecular weight is 1290 g/mol. The minimum Gasteiger partial charge on any atom is -0.466 e. The topological polar surface area (TPSA) is 95.9 Å². The molecule has 0 aliphatic carbocycles. The van der Waals surface area contributed by atoms with Crippen molar-refractivity contribution in [2.24, 2.45) is 0 Å². The summed E-state index contributed by atoms with van der Waals surface area (Å²) in [7, 11) is 0. The molecule has 0 aromatic rings. The number of rotatable bonds is 80. The second-order valence-corrected chi connectivity index (χ2v) is 29.2. The Hall–Kier alpha value is -1.92. The van der Waals surface area contributed by atoms with Gasteiger partial charge in [-0.15, -0.1) is 0 Å². The van der Waals surface area contributed by atoms with E-state index in [2.05, 4.69) is 43.5 Å². The fraction of sp³-hybridized carbons (Fsp3) is 0.907. The van der Waals surface area contributed by atoms with Crippen molar-refractivity contribution in [2.75, 3.05) is 13.2 Å². The van der Waals surface area contributed by atoms with Gasteiger partial charge in [0, 0.05) is 12.8 Å². The number of carbonyl (C=O) groups excluding carboxylic acids is 2. The lowest BCUT2D eigenvalue weighted by Crippen LogP contribution is -2.45. The Labute approximate surface area is 576 Å². The Morgan fingerprint density at radius 3 is 0.837 bits per heavy atom. The van der Waals surface area contributed by atoms with E-state index in [0.717, 1.165) is 51.4 Å². The summed E-state index contributed by atoms with van der Waals surface area (Å²) in [5.41, 5.74) is 0. The standard InChI is InChI=1S/C86H165NO5/c1-3-5-7-9-11-13-15-17-19-21-22-44-47-50-54-58-62-66-70-74-78-84(89)83(82-88)87-85(90)79-75-71-67-63-59-55-51-48-45-42-40-38-36-34-32-30-28-26-24-23-25-27-29-31-33-35-37-39-41-43-46-49-53-57-61-65-69-73-77-81-92-86(91)80-76-72-68-64-60-56-52-20-18-16-14-12-10-8-6-4-2/h14,16,20,52,74,78,83-84,88-89H,3-13,15,17-19,21-51,53-73,75-77,79-82H2,1-2H3,(H,87,90)/b16-14-,52-20-,78-74+. The van der Waals surface area contributed by atoms with Gasteiger partial charge in [0.15, 0.2) is 0 Å². The predicted octanol–water partition coefficient (Wildman–Crippen LogP) is 28.2. The lowest BCUT2D eigenvalue weighted by molar-refractivity contribution is -0.143. The summed E-state index contributed by atoms with van der Waals surface area (Å²) >= 11 is 0. The van der Waals surface area contributed by atoms with Crippen molar-refractivity contribution in [3.63, 3.8) is 0 Å². The quantitative estimate of drug-likeness (QED) is 0.0320. The average Bonchev–Trinajstić information content (AvgIpc) is 3.57. The summed E-state index contributed by atoms with van der Waals surface area (Å²) in [6.07, 6.45) is 107. The molecule has 6 nitrogen and oxygen atoms in total. The number of aliphatic hydroxyl groups excluding tert-OH is 2. The molecular weight excluding hydrogens is 1130 g/mol. The molecule has 92 heavy (non-hydrogen) atoms. The monoisotopic (exact) mass is 1290 g/mol. The van der Waals surface area contributed by atoms with Crippen LogP contribution in [0.15, 0.2) is 36.5 Å². The van der Waals surface area contributed by atoms with E-state index in [-0.39, 0.29) is 18.5 Å². The summed E-state index contributed by atoms with van der Waals surface area (Å²) in [6.45, 7) is 4.93. The number of esters is 1. The first-order valence-electron chi connectivity index (χ1n) is 42.3. The van der Waals surface area contributed by atoms with Crippen LogP contribution >= 0.6 is 0 Å². The van der Waals surface area contributed by atoms with Gasteiger partial charge in [0.25, 0.3) is 0 Å². The molecule has 6 heteroatoms. The maximum absolute atomic E-state index is 12.5. The number of hydrogen-bond donors (Lipinski definition) is 3. The van der Waals surface area contributed by atoms with Crippen LogP contribution in [0.5, 0.6) is 0 Å². The highest BCUT2D eigenvalue weighted by molar-refractivity contribution is 5.76. The van der Waals surface area contributed by atoms with Gasteiger partial charge in [-0.3, -0.25) is 9.59 Å². The number of allylic oxidation sites excluding steroid dienone is 5. The van der Waals surface area contributed by atoms with Crippen molar-refractivity contribution in [1.82, 2.24) is 5.32 Å². The SMILES string of the molecule is CCCCCC/C=C\C/C=C\CCCCCCCC(=O)OCCCCCCCCCCCCCCCCCCCCCCCCCCCCCCCCCCCCCCCCCC(=O)NC(CO)C(O)/C=C/CCCCCCCCCCCCCCCCCCCC. The van der Waals surface area contributed by atoms with Crippen LogP contribution in [0.2, 0.25) is 0 Å². The van der Waals surface area contributed by atoms with Gasteiger partial charge in [-0.05, 0) is 64.2 Å². The van der Waals surface area contributed by atoms with Crippen molar-refractivity contribution in [1.29, 1.82) is 0 Å². The van der Waals surface area contributed by atoms with E-state index < -0.39 is 12.1 Å². The maximum atomic E-state index is 12.5. The first kappa shape index (κ1) is 90.1. The normalized spacial score (nSPS) is 12.6. The number of amides is 1. The Morgan fingerprint density at radius 1 is 0.304 bits per heavy atom. The number of hydrogen-bond acceptors (Lipinski definition) is 5. The molecule has 0 radical (unpaired) electrons. The number of carbonyl (C=O) groups is 2. The molecule has 1 amide bonds. The molecule has 0 fully saturated rings. The van der Waals surface area contributed by atoms with Crippen LogP contribution in [0, 0.1) is 0 Å². The van der Waals surface area contributed by atoms with Crippen LogP contribution in [0.4, 0.5) is 0 Å². The Morgan fingerprint density at radius 2 is 0.543 bits per heavy atom. The molecule has 0 aromatic carbocycles. The van der Waals surface area contributed by atoms with Crippen LogP contribution in [-0.2, 0) is 14.3 Å². The highest BCUT2D eigenvalue weighted by Gasteiger charge is 2.18. The van der Waals surface area contributed by atoms with Crippen LogP contribution in [0.3, 0.4) is 0 Å². The predicted molar refractivity (Wildman–Crippen MR) is 407 cm³/mol. The minimum atomic E-state index is -0.841. The third-order valence-electron chi connectivity index (χ3n) is 19.9. The smallest absolute Gasteiger partial charge is 0.305 e. The molecule has 0 aliphatic heterocycles. The van der Waals surface area contributed by atoms with Crippen molar-refractivity contribution >= 4 is 11.9 Å². The molecular formula is C86H165NO5. The Kier molecular flexibility index (Phi) is 79.8. The van der Waals surface area contributed by atoms with E-state index in [0.29, 0.717) is 19.4 Å². The third kappa shape index (κ3) is 77.1. The summed E-state index contributed by atoms with van der Waals surface area (Å²) in [4.78, 5) is 24.6. The maximum Gasteiger partial charge on any atom is 0.305 e. The highest BCUT2D eigenvalue weighted by atomic mass is 16.5. The van der Waals surface area contributed by atoms with Crippen LogP contribution in [0.1, 0.15) is 476 Å². The fourth-order valence-electron chi connectivity index (χ4n) is 13.5. The van der Waals surface area contributed by atoms with Crippen molar-refractivity contribution in [2.45, 2.75) is 488 Å². The summed E-state index contributed by atoms with van der Waals surface area (Å²) < 4.78 is 5.50. The first-order chi connectivity index (χ1) is 45.5. The van der Waals surface area contributed by atoms with Gasteiger partial charge in [-0.25, -0.2) is 0 Å². The molecule has 0 spiro atoms. The third-order valence-corrected chi connectivity index (χ3v) is 19.9. The molecule has 0 bridgehead atoms. The van der Waals surface area contributed by atoms with E-state index in [4.69, 9.17) is 4.74 Å². The van der Waals surface area contributed by atoms with Gasteiger partial charge >= 0.3 is 5.97 Å². The minimum absolute atomic E-state index is 0.0111. The van der Waals surface area contributed by atoms with Gasteiger partial charge in [0.2, 0.25) is 5.91 Å². The second kappa shape index (κ2) is 81.5. The van der Waals surface area contributed by atoms with E-state index in [1.54, 1.807) is 6.08 Å². The second-order valence-electron chi connectivity index (χ2n) is 29.2. The number of aliphatic hydroxyl groups is 2. The van der Waals surface area contributed by atoms with Crippen molar-refractivity contribution in [3.8, 4) is 0 Å². The molecule has 0 saturated carbocycles. The zero-order valence-corrected chi connectivity index (χ0v) is 62.6. The van der Waals surface area contributed by atoms with Gasteiger partial charge in [0.1, 0.15) is 0 Å². The molecule has 3 N–H and O–H groups in total. The molecule has 544 valence electrons. The molecule has 0 heterocycles.